The van der Waals surface area contributed by atoms with Crippen LogP contribution in [0.25, 0.3) is 16.8 Å². The highest BCUT2D eigenvalue weighted by Gasteiger charge is 2.04. The summed E-state index contributed by atoms with van der Waals surface area (Å²) < 4.78 is 6.11. The molecule has 0 spiro atoms. The lowest BCUT2D eigenvalue weighted by atomic mass is 10.3. The van der Waals surface area contributed by atoms with Crippen molar-refractivity contribution < 1.29 is 4.42 Å². The van der Waals surface area contributed by atoms with E-state index in [1.54, 1.807) is 18.2 Å². The van der Waals surface area contributed by atoms with Crippen LogP contribution in [0.5, 0.6) is 0 Å². The molecule has 0 saturated heterocycles. The Morgan fingerprint density at radius 3 is 2.67 bits per heavy atom. The number of fused-ring (bicyclic) bond motifs is 1. The fraction of sp³-hybridized carbons (Fsp3) is 0. The first-order valence-electron chi connectivity index (χ1n) is 5.09. The van der Waals surface area contributed by atoms with Crippen LogP contribution in [0.2, 0.25) is 0 Å². The maximum absolute atomic E-state index is 11.6. The zero-order chi connectivity index (χ0) is 12.7. The molecule has 0 fully saturated rings. The number of oxazole rings is 1. The molecule has 0 radical (unpaired) electrons. The second-order valence-electron chi connectivity index (χ2n) is 3.68. The number of aromatic amines is 2. The standard InChI is InChI=1S/C11H7N3O4/c15-9-3-4-14(10(16)13-9)6-1-2-8-7(5-6)12-11(17)18-8/h1-5H,(H,12,17)(H,13,15,16). The lowest BCUT2D eigenvalue weighted by Crippen LogP contribution is -2.27. The van der Waals surface area contributed by atoms with Crippen LogP contribution in [0.4, 0.5) is 0 Å². The molecule has 2 aromatic heterocycles. The Morgan fingerprint density at radius 2 is 1.89 bits per heavy atom. The Morgan fingerprint density at radius 1 is 1.06 bits per heavy atom. The van der Waals surface area contributed by atoms with Gasteiger partial charge in [-0.1, -0.05) is 0 Å². The first-order valence-corrected chi connectivity index (χ1v) is 5.09. The van der Waals surface area contributed by atoms with Crippen molar-refractivity contribution in [3.63, 3.8) is 0 Å². The fourth-order valence-corrected chi connectivity index (χ4v) is 1.71. The van der Waals surface area contributed by atoms with Gasteiger partial charge < -0.3 is 4.42 Å². The average Bonchev–Trinajstić information content (AvgIpc) is 2.68. The predicted molar refractivity (Wildman–Crippen MR) is 63.1 cm³/mol. The van der Waals surface area contributed by atoms with Gasteiger partial charge in [-0.3, -0.25) is 19.3 Å². The maximum atomic E-state index is 11.6. The van der Waals surface area contributed by atoms with Gasteiger partial charge in [-0.05, 0) is 18.2 Å². The van der Waals surface area contributed by atoms with E-state index in [-0.39, 0.29) is 0 Å². The van der Waals surface area contributed by atoms with Gasteiger partial charge in [0, 0.05) is 12.3 Å². The summed E-state index contributed by atoms with van der Waals surface area (Å²) in [6.45, 7) is 0. The zero-order valence-corrected chi connectivity index (χ0v) is 8.97. The van der Waals surface area contributed by atoms with Gasteiger partial charge in [0.1, 0.15) is 0 Å². The molecule has 0 aliphatic rings. The summed E-state index contributed by atoms with van der Waals surface area (Å²) in [5.41, 5.74) is 0.388. The van der Waals surface area contributed by atoms with Crippen molar-refractivity contribution in [3.05, 3.63) is 61.9 Å². The molecule has 7 heteroatoms. The Hall–Kier alpha value is -2.83. The van der Waals surface area contributed by atoms with Crippen molar-refractivity contribution in [2.45, 2.75) is 0 Å². The summed E-state index contributed by atoms with van der Waals surface area (Å²) in [6.07, 6.45) is 1.36. The van der Waals surface area contributed by atoms with E-state index >= 15 is 0 Å². The van der Waals surface area contributed by atoms with E-state index in [9.17, 15) is 14.4 Å². The summed E-state index contributed by atoms with van der Waals surface area (Å²) >= 11 is 0. The van der Waals surface area contributed by atoms with E-state index in [2.05, 4.69) is 9.97 Å². The zero-order valence-electron chi connectivity index (χ0n) is 8.97. The molecule has 0 aliphatic carbocycles. The van der Waals surface area contributed by atoms with Crippen molar-refractivity contribution in [2.75, 3.05) is 0 Å². The number of aromatic nitrogens is 3. The highest BCUT2D eigenvalue weighted by Crippen LogP contribution is 2.13. The predicted octanol–water partition coefficient (Wildman–Crippen LogP) is -0.0397. The molecule has 0 saturated carbocycles. The monoisotopic (exact) mass is 245 g/mol. The summed E-state index contributed by atoms with van der Waals surface area (Å²) in [5.74, 6) is -0.559. The molecule has 3 aromatic rings. The summed E-state index contributed by atoms with van der Waals surface area (Å²) in [7, 11) is 0. The molecule has 18 heavy (non-hydrogen) atoms. The van der Waals surface area contributed by atoms with Crippen LogP contribution < -0.4 is 17.0 Å². The first kappa shape index (κ1) is 10.3. The van der Waals surface area contributed by atoms with E-state index in [0.29, 0.717) is 16.8 Å². The molecule has 0 atom stereocenters. The molecular weight excluding hydrogens is 238 g/mol. The van der Waals surface area contributed by atoms with Crippen LogP contribution in [0, 0.1) is 0 Å². The number of rotatable bonds is 1. The number of hydrogen-bond acceptors (Lipinski definition) is 4. The minimum absolute atomic E-state index is 0.404. The highest BCUT2D eigenvalue weighted by atomic mass is 16.4. The fourth-order valence-electron chi connectivity index (χ4n) is 1.71. The van der Waals surface area contributed by atoms with Crippen molar-refractivity contribution >= 4 is 11.1 Å². The largest absolute Gasteiger partial charge is 0.417 e. The van der Waals surface area contributed by atoms with Gasteiger partial charge in [0.05, 0.1) is 11.2 Å². The number of benzene rings is 1. The molecule has 3 rings (SSSR count). The normalized spacial score (nSPS) is 10.9. The van der Waals surface area contributed by atoms with E-state index < -0.39 is 17.0 Å². The highest BCUT2D eigenvalue weighted by molar-refractivity contribution is 5.74. The van der Waals surface area contributed by atoms with Gasteiger partial charge in [-0.15, -0.1) is 0 Å². The molecule has 0 amide bonds. The van der Waals surface area contributed by atoms with Gasteiger partial charge in [-0.2, -0.15) is 0 Å². The van der Waals surface area contributed by atoms with Crippen LogP contribution in [0.1, 0.15) is 0 Å². The quantitative estimate of drug-likeness (QED) is 0.628. The smallest absolute Gasteiger partial charge is 0.408 e. The van der Waals surface area contributed by atoms with Crippen molar-refractivity contribution in [3.8, 4) is 5.69 Å². The topological polar surface area (TPSA) is 101 Å². The molecule has 2 heterocycles. The van der Waals surface area contributed by atoms with Crippen molar-refractivity contribution in [2.24, 2.45) is 0 Å². The van der Waals surface area contributed by atoms with Crippen LogP contribution in [0.15, 0.2) is 49.3 Å². The molecule has 2 N–H and O–H groups in total. The molecular formula is C11H7N3O4. The third-order valence-electron chi connectivity index (χ3n) is 2.50. The van der Waals surface area contributed by atoms with Gasteiger partial charge in [0.25, 0.3) is 5.56 Å². The summed E-state index contributed by atoms with van der Waals surface area (Å²) in [6, 6.07) is 6.00. The van der Waals surface area contributed by atoms with E-state index in [1.807, 2.05) is 0 Å². The Bertz CT molecular complexity index is 897. The molecule has 0 aliphatic heterocycles. The average molecular weight is 245 g/mol. The van der Waals surface area contributed by atoms with Crippen LogP contribution in [-0.2, 0) is 0 Å². The number of nitrogens with zero attached hydrogens (tertiary/aromatic N) is 1. The molecule has 7 nitrogen and oxygen atoms in total. The molecule has 90 valence electrons. The number of hydrogen-bond donors (Lipinski definition) is 2. The lowest BCUT2D eigenvalue weighted by Gasteiger charge is -2.03. The van der Waals surface area contributed by atoms with Gasteiger partial charge in [0.15, 0.2) is 5.58 Å². The van der Waals surface area contributed by atoms with Crippen molar-refractivity contribution in [1.82, 2.24) is 14.5 Å². The summed E-state index contributed by atoms with van der Waals surface area (Å²) in [4.78, 5) is 38.2. The first-order chi connectivity index (χ1) is 8.63. The van der Waals surface area contributed by atoms with Gasteiger partial charge >= 0.3 is 11.4 Å². The van der Waals surface area contributed by atoms with Crippen molar-refractivity contribution in [1.29, 1.82) is 0 Å². The third-order valence-corrected chi connectivity index (χ3v) is 2.50. The Balaban J connectivity index is 2.28. The lowest BCUT2D eigenvalue weighted by molar-refractivity contribution is 0.555. The number of H-pyrrole nitrogens is 2. The second-order valence-corrected chi connectivity index (χ2v) is 3.68. The molecule has 0 bridgehead atoms. The van der Waals surface area contributed by atoms with Crippen LogP contribution in [-0.4, -0.2) is 14.5 Å². The Kier molecular flexibility index (Phi) is 2.06. The minimum Gasteiger partial charge on any atom is -0.408 e. The maximum Gasteiger partial charge on any atom is 0.417 e. The summed E-state index contributed by atoms with van der Waals surface area (Å²) in [5, 5.41) is 0. The molecule has 1 aromatic carbocycles. The van der Waals surface area contributed by atoms with Gasteiger partial charge in [0.2, 0.25) is 0 Å². The SMILES string of the molecule is O=c1ccn(-c2ccc3oc(=O)[nH]c3c2)c(=O)[nH]1. The number of nitrogens with one attached hydrogen (secondary N) is 2. The third kappa shape index (κ3) is 1.58. The van der Waals surface area contributed by atoms with E-state index in [1.165, 1.54) is 16.8 Å². The Labute approximate surface area is 98.3 Å². The van der Waals surface area contributed by atoms with Crippen LogP contribution in [0.3, 0.4) is 0 Å². The van der Waals surface area contributed by atoms with Gasteiger partial charge in [-0.25, -0.2) is 9.59 Å². The van der Waals surface area contributed by atoms with E-state index in [0.717, 1.165) is 0 Å². The van der Waals surface area contributed by atoms with E-state index in [4.69, 9.17) is 4.42 Å². The minimum atomic E-state index is -0.559. The molecule has 0 unspecified atom stereocenters. The second kappa shape index (κ2) is 3.59. The van der Waals surface area contributed by atoms with Crippen LogP contribution >= 0.6 is 0 Å².